The minimum atomic E-state index is -4.71. The van der Waals surface area contributed by atoms with Crippen molar-refractivity contribution in [2.24, 2.45) is 4.99 Å². The number of halogens is 4. The Morgan fingerprint density at radius 2 is 1.85 bits per heavy atom. The van der Waals surface area contributed by atoms with Crippen molar-refractivity contribution < 1.29 is 42.1 Å². The van der Waals surface area contributed by atoms with Gasteiger partial charge in [0.25, 0.3) is 0 Å². The fourth-order valence-electron chi connectivity index (χ4n) is 4.38. The second-order valence-electron chi connectivity index (χ2n) is 8.73. The van der Waals surface area contributed by atoms with Crippen molar-refractivity contribution >= 4 is 29.0 Å². The zero-order chi connectivity index (χ0) is 29.0. The molecule has 3 aromatic rings. The molecule has 1 aliphatic heterocycles. The Bertz CT molecular complexity index is 1420. The van der Waals surface area contributed by atoms with Crippen LogP contribution in [0.15, 0.2) is 65.7 Å². The number of para-hydroxylation sites is 1. The van der Waals surface area contributed by atoms with Gasteiger partial charge in [0.15, 0.2) is 0 Å². The number of carboxylic acids is 1. The lowest BCUT2D eigenvalue weighted by atomic mass is 9.96. The maximum atomic E-state index is 14.9. The first kappa shape index (κ1) is 28.5. The van der Waals surface area contributed by atoms with Crippen molar-refractivity contribution in [3.63, 3.8) is 0 Å². The number of anilines is 3. The van der Waals surface area contributed by atoms with Gasteiger partial charge < -0.3 is 24.8 Å². The summed E-state index contributed by atoms with van der Waals surface area (Å²) in [5.41, 5.74) is -0.572. The van der Waals surface area contributed by atoms with E-state index in [0.717, 1.165) is 23.3 Å². The summed E-state index contributed by atoms with van der Waals surface area (Å²) in [4.78, 5) is 17.6. The highest BCUT2D eigenvalue weighted by Gasteiger charge is 2.38. The molecule has 1 heterocycles. The van der Waals surface area contributed by atoms with E-state index < -0.39 is 36.0 Å². The Labute approximate surface area is 226 Å². The van der Waals surface area contributed by atoms with Crippen LogP contribution in [0.25, 0.3) is 0 Å². The van der Waals surface area contributed by atoms with Crippen molar-refractivity contribution in [2.45, 2.75) is 18.6 Å². The molecular formula is C27H26F4N4O5. The standard InChI is InChI=1S/C27H26F4N4O5/c1-39-18-6-3-5-17(14-18)34(38)12-11-32-26-33-25-19(7-4-8-20(25)28)21(15-24(36)37)35(26)22-13-16(27(29,30)31)9-10-23(22)40-2/h3-10,13-14,21,38H,11-12,15H2,1-2H3,(H,32,33)(H,36,37)/t21-/m0/s1. The van der Waals surface area contributed by atoms with Crippen molar-refractivity contribution in [2.75, 3.05) is 42.6 Å². The average molecular weight is 563 g/mol. The molecule has 3 aromatic carbocycles. The quantitative estimate of drug-likeness (QED) is 0.230. The number of aliphatic imine (C=N–C) groups is 1. The number of nitrogens with zero attached hydrogens (tertiary/aromatic N) is 3. The molecule has 0 radical (unpaired) electrons. The van der Waals surface area contributed by atoms with Crippen LogP contribution in [0, 0.1) is 5.82 Å². The lowest BCUT2D eigenvalue weighted by Gasteiger charge is -2.40. The third-order valence-electron chi connectivity index (χ3n) is 6.24. The summed E-state index contributed by atoms with van der Waals surface area (Å²) < 4.78 is 66.4. The minimum absolute atomic E-state index is 0.0120. The Morgan fingerprint density at radius 3 is 2.52 bits per heavy atom. The van der Waals surface area contributed by atoms with E-state index in [0.29, 0.717) is 11.4 Å². The summed E-state index contributed by atoms with van der Waals surface area (Å²) in [6, 6.07) is 12.2. The van der Waals surface area contributed by atoms with Crippen LogP contribution >= 0.6 is 0 Å². The number of ether oxygens (including phenoxy) is 2. The molecule has 0 unspecified atom stereocenters. The number of guanidine groups is 1. The van der Waals surface area contributed by atoms with E-state index in [9.17, 15) is 32.7 Å². The monoisotopic (exact) mass is 562 g/mol. The van der Waals surface area contributed by atoms with Crippen LogP contribution in [0.3, 0.4) is 0 Å². The van der Waals surface area contributed by atoms with Gasteiger partial charge in [-0.25, -0.2) is 4.39 Å². The van der Waals surface area contributed by atoms with E-state index >= 15 is 0 Å². The molecule has 212 valence electrons. The second kappa shape index (κ2) is 11.7. The number of rotatable bonds is 9. The summed E-state index contributed by atoms with van der Waals surface area (Å²) in [5.74, 6) is -1.57. The number of fused-ring (bicyclic) bond motifs is 1. The Hall–Kier alpha value is -4.52. The SMILES string of the molecule is COc1cccc(N(O)CCN=C2Nc3c(F)cccc3[C@H](CC(=O)O)N2c2cc(C(F)(F)F)ccc2OC)c1. The number of carboxylic acid groups (broad SMARTS) is 1. The van der Waals surface area contributed by atoms with E-state index in [1.807, 2.05) is 0 Å². The number of aliphatic carboxylic acids is 1. The predicted molar refractivity (Wildman–Crippen MR) is 140 cm³/mol. The van der Waals surface area contributed by atoms with Gasteiger partial charge in [-0.1, -0.05) is 18.2 Å². The molecule has 0 amide bonds. The molecular weight excluding hydrogens is 536 g/mol. The topological polar surface area (TPSA) is 107 Å². The molecule has 1 aliphatic rings. The summed E-state index contributed by atoms with van der Waals surface area (Å²) in [5, 5.41) is 23.9. The van der Waals surface area contributed by atoms with Crippen molar-refractivity contribution in [3.05, 3.63) is 77.6 Å². The summed E-state index contributed by atoms with van der Waals surface area (Å²) in [6.07, 6.45) is -5.30. The zero-order valence-electron chi connectivity index (χ0n) is 21.4. The van der Waals surface area contributed by atoms with Crippen LogP contribution in [-0.2, 0) is 11.0 Å². The maximum absolute atomic E-state index is 14.9. The number of hydrogen-bond donors (Lipinski definition) is 3. The highest BCUT2D eigenvalue weighted by atomic mass is 19.4. The van der Waals surface area contributed by atoms with Crippen LogP contribution in [0.5, 0.6) is 11.5 Å². The minimum Gasteiger partial charge on any atom is -0.497 e. The number of alkyl halides is 3. The molecule has 9 nitrogen and oxygen atoms in total. The van der Waals surface area contributed by atoms with Crippen molar-refractivity contribution in [3.8, 4) is 11.5 Å². The molecule has 0 saturated carbocycles. The van der Waals surface area contributed by atoms with Gasteiger partial charge in [0.1, 0.15) is 17.3 Å². The average Bonchev–Trinajstić information content (AvgIpc) is 2.92. The van der Waals surface area contributed by atoms with E-state index in [4.69, 9.17) is 9.47 Å². The molecule has 1 atom stereocenters. The van der Waals surface area contributed by atoms with Gasteiger partial charge in [0.2, 0.25) is 5.96 Å². The molecule has 0 fully saturated rings. The normalized spacial score (nSPS) is 15.8. The van der Waals surface area contributed by atoms with Crippen molar-refractivity contribution in [1.29, 1.82) is 0 Å². The molecule has 0 spiro atoms. The van der Waals surface area contributed by atoms with Crippen LogP contribution < -0.4 is 24.8 Å². The van der Waals surface area contributed by atoms with E-state index in [1.54, 1.807) is 24.3 Å². The first-order valence-corrected chi connectivity index (χ1v) is 12.0. The fraction of sp³-hybridized carbons (Fsp3) is 0.259. The third kappa shape index (κ3) is 6.04. The van der Waals surface area contributed by atoms with Crippen LogP contribution in [0.2, 0.25) is 0 Å². The number of hydrogen-bond acceptors (Lipinski definition) is 6. The van der Waals surface area contributed by atoms with Gasteiger partial charge in [-0.3, -0.25) is 20.1 Å². The van der Waals surface area contributed by atoms with Gasteiger partial charge in [-0.05, 0) is 36.4 Å². The molecule has 0 saturated heterocycles. The maximum Gasteiger partial charge on any atom is 0.416 e. The number of carbonyl (C=O) groups is 1. The zero-order valence-corrected chi connectivity index (χ0v) is 21.4. The highest BCUT2D eigenvalue weighted by Crippen LogP contribution is 2.44. The smallest absolute Gasteiger partial charge is 0.416 e. The summed E-state index contributed by atoms with van der Waals surface area (Å²) in [6.45, 7) is -0.183. The first-order valence-electron chi connectivity index (χ1n) is 12.0. The highest BCUT2D eigenvalue weighted by molar-refractivity contribution is 6.10. The van der Waals surface area contributed by atoms with Gasteiger partial charge in [0, 0.05) is 11.6 Å². The van der Waals surface area contributed by atoms with Crippen molar-refractivity contribution in [1.82, 2.24) is 0 Å². The fourth-order valence-corrected chi connectivity index (χ4v) is 4.38. The van der Waals surface area contributed by atoms with Gasteiger partial charge in [-0.15, -0.1) is 0 Å². The Kier molecular flexibility index (Phi) is 8.33. The number of hydroxylamine groups is 1. The molecule has 0 aliphatic carbocycles. The molecule has 0 aromatic heterocycles. The van der Waals surface area contributed by atoms with Gasteiger partial charge in [-0.2, -0.15) is 13.2 Å². The second-order valence-corrected chi connectivity index (χ2v) is 8.73. The third-order valence-corrected chi connectivity index (χ3v) is 6.24. The Morgan fingerprint density at radius 1 is 1.10 bits per heavy atom. The lowest BCUT2D eigenvalue weighted by molar-refractivity contribution is -0.138. The van der Waals surface area contributed by atoms with Crippen LogP contribution in [-0.4, -0.2) is 49.6 Å². The van der Waals surface area contributed by atoms with Crippen LogP contribution in [0.1, 0.15) is 23.6 Å². The van der Waals surface area contributed by atoms with Gasteiger partial charge >= 0.3 is 12.1 Å². The van der Waals surface area contributed by atoms with E-state index in [2.05, 4.69) is 10.3 Å². The molecule has 3 N–H and O–H groups in total. The Balaban J connectivity index is 1.80. The number of methoxy groups -OCH3 is 2. The summed E-state index contributed by atoms with van der Waals surface area (Å²) >= 11 is 0. The summed E-state index contributed by atoms with van der Waals surface area (Å²) in [7, 11) is 2.74. The largest absolute Gasteiger partial charge is 0.497 e. The van der Waals surface area contributed by atoms with E-state index in [-0.39, 0.29) is 41.7 Å². The number of nitrogens with one attached hydrogen (secondary N) is 1. The first-order chi connectivity index (χ1) is 19.0. The molecule has 40 heavy (non-hydrogen) atoms. The van der Waals surface area contributed by atoms with Gasteiger partial charge in [0.05, 0.1) is 62.4 Å². The van der Waals surface area contributed by atoms with E-state index in [1.165, 1.54) is 37.3 Å². The molecule has 0 bridgehead atoms. The molecule has 13 heteroatoms. The lowest BCUT2D eigenvalue weighted by Crippen LogP contribution is -2.45. The van der Waals surface area contributed by atoms with Crippen LogP contribution in [0.4, 0.5) is 34.6 Å². The predicted octanol–water partition coefficient (Wildman–Crippen LogP) is 5.56. The molecule has 4 rings (SSSR count). The number of benzene rings is 3.